The van der Waals surface area contributed by atoms with Gasteiger partial charge in [-0.15, -0.1) is 0 Å². The van der Waals surface area contributed by atoms with Gasteiger partial charge in [0.1, 0.15) is 17.9 Å². The average molecular weight is 470 g/mol. The van der Waals surface area contributed by atoms with Gasteiger partial charge in [-0.05, 0) is 52.0 Å². The number of aliphatic imine (C=N–C) groups is 1. The summed E-state index contributed by atoms with van der Waals surface area (Å²) >= 11 is 1.27. The first kappa shape index (κ1) is 23.4. The molecule has 0 bridgehead atoms. The number of ether oxygens (including phenoxy) is 2. The van der Waals surface area contributed by atoms with Crippen LogP contribution in [0.15, 0.2) is 29.3 Å². The predicted molar refractivity (Wildman–Crippen MR) is 121 cm³/mol. The first-order valence-electron chi connectivity index (χ1n) is 9.95. The van der Waals surface area contributed by atoms with E-state index in [1.165, 1.54) is 11.8 Å². The maximum Gasteiger partial charge on any atom is 0.408 e. The molecular weight excluding hydrogens is 442 g/mol. The Balaban J connectivity index is 1.77. The van der Waals surface area contributed by atoms with E-state index in [0.29, 0.717) is 17.5 Å². The molecule has 170 valence electrons. The summed E-state index contributed by atoms with van der Waals surface area (Å²) in [6, 6.07) is 6.92. The van der Waals surface area contributed by atoms with Crippen molar-refractivity contribution >= 4 is 44.5 Å². The number of rotatable bonds is 5. The smallest absolute Gasteiger partial charge is 0.408 e. The van der Waals surface area contributed by atoms with Gasteiger partial charge in [0, 0.05) is 10.9 Å². The van der Waals surface area contributed by atoms with Crippen molar-refractivity contribution in [3.05, 3.63) is 24.3 Å². The number of carbonyl (C=O) groups is 2. The third-order valence-electron chi connectivity index (χ3n) is 4.50. The number of nitrogens with one attached hydrogen (secondary N) is 1. The molecule has 1 N–H and O–H groups in total. The molecule has 0 saturated carbocycles. The van der Waals surface area contributed by atoms with E-state index in [9.17, 15) is 18.0 Å². The number of amidine groups is 1. The highest BCUT2D eigenvalue weighted by Crippen LogP contribution is 2.41. The van der Waals surface area contributed by atoms with Gasteiger partial charge in [0.25, 0.3) is 5.91 Å². The lowest BCUT2D eigenvalue weighted by atomic mass is 10.2. The molecule has 2 amide bonds. The largest absolute Gasteiger partial charge is 0.494 e. The Hall–Kier alpha value is -2.27. The zero-order valence-electron chi connectivity index (χ0n) is 18.0. The molecule has 2 aliphatic rings. The molecule has 9 nitrogen and oxygen atoms in total. The Kier molecular flexibility index (Phi) is 6.85. The number of sulfone groups is 1. The monoisotopic (exact) mass is 469 g/mol. The molecule has 11 heteroatoms. The summed E-state index contributed by atoms with van der Waals surface area (Å²) in [6.07, 6.45) is -0.702. The summed E-state index contributed by atoms with van der Waals surface area (Å²) in [5.74, 6) is 0.192. The minimum Gasteiger partial charge on any atom is -0.494 e. The summed E-state index contributed by atoms with van der Waals surface area (Å²) in [5.41, 5.74) is 0.0560. The van der Waals surface area contributed by atoms with E-state index >= 15 is 0 Å². The van der Waals surface area contributed by atoms with Crippen molar-refractivity contribution in [1.29, 1.82) is 0 Å². The fourth-order valence-corrected chi connectivity index (χ4v) is 7.28. The maximum atomic E-state index is 12.4. The molecule has 3 rings (SSSR count). The molecule has 0 radical (unpaired) electrons. The second-order valence-electron chi connectivity index (χ2n) is 8.24. The van der Waals surface area contributed by atoms with Crippen LogP contribution in [0.3, 0.4) is 0 Å². The van der Waals surface area contributed by atoms with Crippen LogP contribution in [0.5, 0.6) is 5.75 Å². The second-order valence-corrected chi connectivity index (χ2v) is 11.6. The number of fused-ring (bicyclic) bond motifs is 1. The van der Waals surface area contributed by atoms with Crippen molar-refractivity contribution in [3.63, 3.8) is 0 Å². The third kappa shape index (κ3) is 6.13. The molecule has 2 heterocycles. The van der Waals surface area contributed by atoms with E-state index in [2.05, 4.69) is 10.3 Å². The molecule has 0 spiro atoms. The zero-order valence-corrected chi connectivity index (χ0v) is 19.6. The van der Waals surface area contributed by atoms with E-state index < -0.39 is 27.4 Å². The van der Waals surface area contributed by atoms with Crippen molar-refractivity contribution < 1.29 is 27.5 Å². The van der Waals surface area contributed by atoms with Crippen molar-refractivity contribution in [2.45, 2.75) is 44.6 Å². The number of nitrogens with zero attached hydrogens (tertiary/aromatic N) is 2. The molecule has 2 atom stereocenters. The van der Waals surface area contributed by atoms with E-state index in [0.717, 1.165) is 5.69 Å². The highest BCUT2D eigenvalue weighted by molar-refractivity contribution is 8.16. The lowest BCUT2D eigenvalue weighted by molar-refractivity contribution is -0.117. The number of carbonyl (C=O) groups excluding carboxylic acids is 2. The number of hydrogen-bond donors (Lipinski definition) is 1. The van der Waals surface area contributed by atoms with Crippen LogP contribution in [0.2, 0.25) is 0 Å². The van der Waals surface area contributed by atoms with Crippen LogP contribution < -0.4 is 15.0 Å². The van der Waals surface area contributed by atoms with Crippen molar-refractivity contribution in [3.8, 4) is 5.75 Å². The van der Waals surface area contributed by atoms with Gasteiger partial charge < -0.3 is 19.7 Å². The van der Waals surface area contributed by atoms with E-state index in [4.69, 9.17) is 9.47 Å². The van der Waals surface area contributed by atoms with Gasteiger partial charge in [0.05, 0.1) is 24.2 Å². The predicted octanol–water partition coefficient (Wildman–Crippen LogP) is 2.21. The first-order chi connectivity index (χ1) is 14.5. The number of anilines is 1. The fourth-order valence-electron chi connectivity index (χ4n) is 3.34. The fraction of sp³-hybridized carbons (Fsp3) is 0.550. The van der Waals surface area contributed by atoms with Gasteiger partial charge in [0.15, 0.2) is 15.0 Å². The molecule has 0 aliphatic carbocycles. The van der Waals surface area contributed by atoms with Crippen LogP contribution in [0.25, 0.3) is 0 Å². The standard InChI is InChI=1S/C20H27N3O6S2/c1-5-28-14-8-6-13(7-9-14)23-15-11-31(26,27)12-16(15)30-18(23)22-17(24)10-21-19(25)29-20(2,3)4/h6-9,15-16H,5,10-12H2,1-4H3,(H,21,25)/t15-,16+/m0/s1. The highest BCUT2D eigenvalue weighted by Gasteiger charge is 2.49. The van der Waals surface area contributed by atoms with Gasteiger partial charge in [-0.1, -0.05) is 11.8 Å². The van der Waals surface area contributed by atoms with Gasteiger partial charge in [-0.25, -0.2) is 13.2 Å². The number of amides is 2. The van der Waals surface area contributed by atoms with Crippen LogP contribution in [0.4, 0.5) is 10.5 Å². The summed E-state index contributed by atoms with van der Waals surface area (Å²) in [5, 5.41) is 2.61. The quantitative estimate of drug-likeness (QED) is 0.698. The molecular formula is C20H27N3O6S2. The lowest BCUT2D eigenvalue weighted by Gasteiger charge is -2.24. The number of hydrogen-bond acceptors (Lipinski definition) is 7. The molecule has 2 saturated heterocycles. The molecule has 0 unspecified atom stereocenters. The van der Waals surface area contributed by atoms with E-state index in [1.54, 1.807) is 37.8 Å². The van der Waals surface area contributed by atoms with E-state index in [1.807, 2.05) is 19.1 Å². The minimum atomic E-state index is -3.15. The second kappa shape index (κ2) is 9.07. The topological polar surface area (TPSA) is 114 Å². The van der Waals surface area contributed by atoms with Gasteiger partial charge >= 0.3 is 6.09 Å². The SMILES string of the molecule is CCOc1ccc(N2C(=NC(=O)CNC(=O)OC(C)(C)C)S[C@@H]3CS(=O)(=O)C[C@@H]32)cc1. The molecule has 31 heavy (non-hydrogen) atoms. The molecule has 1 aromatic rings. The van der Waals surface area contributed by atoms with Crippen molar-refractivity contribution in [2.75, 3.05) is 29.6 Å². The van der Waals surface area contributed by atoms with Crippen LogP contribution >= 0.6 is 11.8 Å². The Morgan fingerprint density at radius 3 is 2.52 bits per heavy atom. The van der Waals surface area contributed by atoms with Gasteiger partial charge in [-0.2, -0.15) is 4.99 Å². The minimum absolute atomic E-state index is 0.00124. The van der Waals surface area contributed by atoms with E-state index in [-0.39, 0.29) is 29.3 Å². The number of alkyl carbamates (subject to hydrolysis) is 1. The zero-order chi connectivity index (χ0) is 22.8. The summed E-state index contributed by atoms with van der Waals surface area (Å²) < 4.78 is 34.9. The van der Waals surface area contributed by atoms with Crippen LogP contribution in [-0.4, -0.2) is 67.1 Å². The van der Waals surface area contributed by atoms with Gasteiger partial charge in [-0.3, -0.25) is 4.79 Å². The molecule has 1 aromatic carbocycles. The molecule has 0 aromatic heterocycles. The number of benzene rings is 1. The van der Waals surface area contributed by atoms with Crippen LogP contribution in [0, 0.1) is 0 Å². The maximum absolute atomic E-state index is 12.4. The molecule has 2 fully saturated rings. The van der Waals surface area contributed by atoms with Crippen molar-refractivity contribution in [2.24, 2.45) is 4.99 Å². The average Bonchev–Trinajstić information content (AvgIpc) is 3.10. The van der Waals surface area contributed by atoms with Crippen LogP contribution in [0.1, 0.15) is 27.7 Å². The normalized spacial score (nSPS) is 23.5. The summed E-state index contributed by atoms with van der Waals surface area (Å²) in [6.45, 7) is 7.29. The Morgan fingerprint density at radius 1 is 1.23 bits per heavy atom. The Labute approximate surface area is 186 Å². The third-order valence-corrected chi connectivity index (χ3v) is 7.71. The lowest BCUT2D eigenvalue weighted by Crippen LogP contribution is -2.38. The van der Waals surface area contributed by atoms with Crippen LogP contribution in [-0.2, 0) is 19.4 Å². The summed E-state index contributed by atoms with van der Waals surface area (Å²) in [4.78, 5) is 30.1. The first-order valence-corrected chi connectivity index (χ1v) is 12.6. The van der Waals surface area contributed by atoms with Crippen molar-refractivity contribution in [1.82, 2.24) is 5.32 Å². The van der Waals surface area contributed by atoms with Gasteiger partial charge in [0.2, 0.25) is 0 Å². The number of thioether (sulfide) groups is 1. The molecule has 2 aliphatic heterocycles. The Morgan fingerprint density at radius 2 is 1.90 bits per heavy atom. The Bertz CT molecular complexity index is 970. The highest BCUT2D eigenvalue weighted by atomic mass is 32.2. The summed E-state index contributed by atoms with van der Waals surface area (Å²) in [7, 11) is -3.15.